The lowest BCUT2D eigenvalue weighted by molar-refractivity contribution is -0.117. The number of nitrogens with one attached hydrogen (secondary N) is 1. The summed E-state index contributed by atoms with van der Waals surface area (Å²) in [5.41, 5.74) is 5.70. The number of pyridine rings is 1. The molecule has 2 aliphatic carbocycles. The van der Waals surface area contributed by atoms with Crippen molar-refractivity contribution >= 4 is 23.2 Å². The molecule has 0 bridgehead atoms. The van der Waals surface area contributed by atoms with Crippen molar-refractivity contribution in [2.24, 2.45) is 23.5 Å². The Morgan fingerprint density at radius 2 is 2.12 bits per heavy atom. The van der Waals surface area contributed by atoms with Crippen LogP contribution in [0.3, 0.4) is 0 Å². The van der Waals surface area contributed by atoms with E-state index in [-0.39, 0.29) is 37.3 Å². The summed E-state index contributed by atoms with van der Waals surface area (Å²) in [5.74, 6) is -2.68. The fourth-order valence-corrected chi connectivity index (χ4v) is 5.52. The smallest absolute Gasteiger partial charge is 0.254 e. The van der Waals surface area contributed by atoms with Crippen molar-refractivity contribution < 1.29 is 18.4 Å². The van der Waals surface area contributed by atoms with E-state index in [9.17, 15) is 19.2 Å². The number of amides is 2. The Bertz CT molecular complexity index is 1520. The molecule has 1 saturated heterocycles. The number of hydrogen-bond donors (Lipinski definition) is 2. The van der Waals surface area contributed by atoms with Crippen molar-refractivity contribution in [2.75, 3.05) is 18.4 Å². The fraction of sp³-hybridized carbons (Fsp3) is 0.448. The number of nitriles is 2. The van der Waals surface area contributed by atoms with E-state index in [4.69, 9.17) is 11.0 Å². The molecule has 10 nitrogen and oxygen atoms in total. The normalized spacial score (nSPS) is 27.4. The molecule has 3 N–H and O–H groups in total. The highest BCUT2D eigenvalue weighted by Gasteiger charge is 2.47. The first-order chi connectivity index (χ1) is 19.6. The standard InChI is InChI=1S/C29H30F2N8O2/c1-17-3-2-4-18(11-17)23-6-5-19(25(31)35-23)14-38-10-8-29(7-9-32,24(30)16-38)39-15-22(26(34)40)27(37-39)36-28(41)21-12-20(21)13-33/h2,4-6,11,15,17,20-21,24H,3,7-8,10,12,14,16H2,1H3,(H2,34,40)(H,36,37,41). The maximum absolute atomic E-state index is 16.0. The lowest BCUT2D eigenvalue weighted by Crippen LogP contribution is -2.54. The summed E-state index contributed by atoms with van der Waals surface area (Å²) in [7, 11) is 0. The Morgan fingerprint density at radius 1 is 1.32 bits per heavy atom. The number of primary amides is 1. The maximum atomic E-state index is 16.0. The number of carbonyl (C=O) groups is 2. The van der Waals surface area contributed by atoms with Crippen LogP contribution in [0, 0.1) is 46.4 Å². The average molecular weight is 561 g/mol. The summed E-state index contributed by atoms with van der Waals surface area (Å²) in [6, 6.07) is 7.46. The summed E-state index contributed by atoms with van der Waals surface area (Å²) in [5, 5.41) is 25.4. The monoisotopic (exact) mass is 560 g/mol. The number of rotatable bonds is 8. The Hall–Kier alpha value is -4.42. The summed E-state index contributed by atoms with van der Waals surface area (Å²) in [4.78, 5) is 30.5. The lowest BCUT2D eigenvalue weighted by atomic mass is 9.83. The van der Waals surface area contributed by atoms with E-state index in [1.807, 2.05) is 24.3 Å². The van der Waals surface area contributed by atoms with Crippen LogP contribution in [0.25, 0.3) is 5.57 Å². The minimum absolute atomic E-state index is 0.117. The molecule has 2 fully saturated rings. The second-order valence-corrected chi connectivity index (χ2v) is 11.0. The third kappa shape index (κ3) is 5.61. The van der Waals surface area contributed by atoms with Gasteiger partial charge in [-0.2, -0.15) is 20.0 Å². The number of hydrogen-bond acceptors (Lipinski definition) is 7. The van der Waals surface area contributed by atoms with Gasteiger partial charge in [0, 0.05) is 31.4 Å². The van der Waals surface area contributed by atoms with Gasteiger partial charge in [-0.1, -0.05) is 31.2 Å². The van der Waals surface area contributed by atoms with Gasteiger partial charge in [-0.3, -0.25) is 19.2 Å². The van der Waals surface area contributed by atoms with Crippen molar-refractivity contribution in [3.63, 3.8) is 0 Å². The lowest BCUT2D eigenvalue weighted by Gasteiger charge is -2.43. The van der Waals surface area contributed by atoms with E-state index in [1.165, 1.54) is 10.9 Å². The molecule has 3 heterocycles. The zero-order valence-electron chi connectivity index (χ0n) is 22.6. The molecule has 5 rings (SSSR count). The number of anilines is 1. The molecule has 5 atom stereocenters. The number of allylic oxidation sites excluding steroid dienone is 4. The van der Waals surface area contributed by atoms with E-state index < -0.39 is 41.3 Å². The fourth-order valence-electron chi connectivity index (χ4n) is 5.52. The van der Waals surface area contributed by atoms with E-state index in [2.05, 4.69) is 28.4 Å². The van der Waals surface area contributed by atoms with Gasteiger partial charge in [0.05, 0.1) is 36.1 Å². The van der Waals surface area contributed by atoms with Crippen molar-refractivity contribution in [3.05, 3.63) is 59.3 Å². The first-order valence-corrected chi connectivity index (χ1v) is 13.5. The SMILES string of the molecule is CC1C=C(c2ccc(CN3CCC(CC#N)(n4cc(C(N)=O)c(NC(=O)C5CC5C#N)n4)C(F)C3)c(F)n2)C=CC1. The highest BCUT2D eigenvalue weighted by Crippen LogP contribution is 2.40. The van der Waals surface area contributed by atoms with Gasteiger partial charge in [-0.05, 0) is 36.8 Å². The van der Waals surface area contributed by atoms with Crippen LogP contribution in [0.4, 0.5) is 14.6 Å². The second-order valence-electron chi connectivity index (χ2n) is 11.0. The van der Waals surface area contributed by atoms with Crippen LogP contribution in [0.2, 0.25) is 0 Å². The summed E-state index contributed by atoms with van der Waals surface area (Å²) >= 11 is 0. The van der Waals surface area contributed by atoms with Gasteiger partial charge in [0.15, 0.2) is 5.82 Å². The minimum atomic E-state index is -1.61. The van der Waals surface area contributed by atoms with Gasteiger partial charge in [0.25, 0.3) is 5.91 Å². The molecule has 2 amide bonds. The largest absolute Gasteiger partial charge is 0.365 e. The molecule has 41 heavy (non-hydrogen) atoms. The molecule has 12 heteroatoms. The number of halogens is 2. The van der Waals surface area contributed by atoms with Gasteiger partial charge in [-0.15, -0.1) is 0 Å². The summed E-state index contributed by atoms with van der Waals surface area (Å²) < 4.78 is 32.2. The highest BCUT2D eigenvalue weighted by atomic mass is 19.1. The predicted molar refractivity (Wildman–Crippen MR) is 145 cm³/mol. The second kappa shape index (κ2) is 11.2. The molecule has 1 saturated carbocycles. The third-order valence-corrected chi connectivity index (χ3v) is 8.10. The van der Waals surface area contributed by atoms with Gasteiger partial charge >= 0.3 is 0 Å². The van der Waals surface area contributed by atoms with E-state index in [0.29, 0.717) is 30.1 Å². The number of nitrogens with two attached hydrogens (primary N) is 1. The number of alkyl halides is 1. The van der Waals surface area contributed by atoms with Crippen LogP contribution >= 0.6 is 0 Å². The molecule has 3 aliphatic rings. The number of nitrogens with zero attached hydrogens (tertiary/aromatic N) is 6. The first-order valence-electron chi connectivity index (χ1n) is 13.5. The molecule has 0 spiro atoms. The van der Waals surface area contributed by atoms with Crippen LogP contribution < -0.4 is 11.1 Å². The van der Waals surface area contributed by atoms with Gasteiger partial charge < -0.3 is 11.1 Å². The Labute approximate surface area is 236 Å². The quantitative estimate of drug-likeness (QED) is 0.469. The minimum Gasteiger partial charge on any atom is -0.365 e. The predicted octanol–water partition coefficient (Wildman–Crippen LogP) is 3.45. The molecule has 212 valence electrons. The highest BCUT2D eigenvalue weighted by molar-refractivity contribution is 6.03. The number of carbonyl (C=O) groups excluding carboxylic acids is 2. The van der Waals surface area contributed by atoms with Crippen LogP contribution in [0.5, 0.6) is 0 Å². The molecular weight excluding hydrogens is 530 g/mol. The zero-order valence-corrected chi connectivity index (χ0v) is 22.6. The summed E-state index contributed by atoms with van der Waals surface area (Å²) in [6.07, 6.45) is 6.89. The zero-order chi connectivity index (χ0) is 29.3. The van der Waals surface area contributed by atoms with Crippen LogP contribution in [-0.2, 0) is 16.9 Å². The maximum Gasteiger partial charge on any atom is 0.254 e. The Morgan fingerprint density at radius 3 is 2.76 bits per heavy atom. The van der Waals surface area contributed by atoms with E-state index in [1.54, 1.807) is 17.0 Å². The van der Waals surface area contributed by atoms with Crippen LogP contribution in [-0.4, -0.2) is 50.7 Å². The third-order valence-electron chi connectivity index (χ3n) is 8.10. The Kier molecular flexibility index (Phi) is 7.70. The molecule has 2 aromatic heterocycles. The summed E-state index contributed by atoms with van der Waals surface area (Å²) in [6.45, 7) is 2.40. The van der Waals surface area contributed by atoms with Crippen LogP contribution in [0.1, 0.15) is 54.2 Å². The molecule has 5 unspecified atom stereocenters. The van der Waals surface area contributed by atoms with Crippen molar-refractivity contribution in [1.82, 2.24) is 19.7 Å². The van der Waals surface area contributed by atoms with Crippen LogP contribution in [0.15, 0.2) is 36.6 Å². The topological polar surface area (TPSA) is 154 Å². The van der Waals surface area contributed by atoms with Crippen molar-refractivity contribution in [3.8, 4) is 12.1 Å². The molecule has 0 aromatic carbocycles. The molecule has 1 aliphatic heterocycles. The van der Waals surface area contributed by atoms with E-state index >= 15 is 4.39 Å². The van der Waals surface area contributed by atoms with Gasteiger partial charge in [0.2, 0.25) is 11.9 Å². The first kappa shape index (κ1) is 28.1. The molecule has 2 aromatic rings. The van der Waals surface area contributed by atoms with Gasteiger partial charge in [-0.25, -0.2) is 9.37 Å². The Balaban J connectivity index is 1.32. The number of aromatic nitrogens is 3. The van der Waals surface area contributed by atoms with Gasteiger partial charge in [0.1, 0.15) is 17.3 Å². The van der Waals surface area contributed by atoms with Crippen molar-refractivity contribution in [1.29, 1.82) is 10.5 Å². The number of piperidine rings is 1. The average Bonchev–Trinajstić information content (AvgIpc) is 3.62. The number of likely N-dealkylation sites (tertiary alicyclic amines) is 1. The molecular formula is C29H30F2N8O2. The van der Waals surface area contributed by atoms with E-state index in [0.717, 1.165) is 12.0 Å². The molecule has 0 radical (unpaired) electrons. The van der Waals surface area contributed by atoms with Crippen molar-refractivity contribution in [2.45, 2.75) is 50.9 Å².